The monoisotopic (exact) mass is 1870 g/mol. The minimum atomic E-state index is -0.981. The number of aliphatic carboxylic acids is 2. The highest BCUT2D eigenvalue weighted by Crippen LogP contribution is 2.38. The molecule has 3 aliphatic heterocycles. The Kier molecular flexibility index (Phi) is 60.9. The fourth-order valence-corrected chi connectivity index (χ4v) is 16.2. The smallest absolute Gasteiger partial charge is 0.417 e. The molecule has 120 heavy (non-hydrogen) atoms. The summed E-state index contributed by atoms with van der Waals surface area (Å²) in [5.41, 5.74) is 10.8. The Morgan fingerprint density at radius 3 is 1.02 bits per heavy atom. The third-order valence-electron chi connectivity index (χ3n) is 22.6. The van der Waals surface area contributed by atoms with Crippen LogP contribution in [0.15, 0.2) is 96.1 Å². The summed E-state index contributed by atoms with van der Waals surface area (Å²) < 4.78 is 26.0. The van der Waals surface area contributed by atoms with E-state index in [-0.39, 0.29) is 184 Å². The zero-order valence-electron chi connectivity index (χ0n) is 71.9. The topological polar surface area (TPSA) is 340 Å². The van der Waals surface area contributed by atoms with E-state index in [4.69, 9.17) is 34.3 Å². The first-order valence-electron chi connectivity index (χ1n) is 40.3. The molecule has 8 aliphatic rings. The zero-order chi connectivity index (χ0) is 80.2. The Bertz CT molecular complexity index is 3540. The van der Waals surface area contributed by atoms with Gasteiger partial charge in [-0.2, -0.15) is 135 Å². The van der Waals surface area contributed by atoms with E-state index in [9.17, 15) is 53.1 Å². The molecule has 686 valence electrons. The Hall–Kier alpha value is -5.23. The Labute approximate surface area is 782 Å². The van der Waals surface area contributed by atoms with Crippen LogP contribution in [0.25, 0.3) is 10.4 Å². The summed E-state index contributed by atoms with van der Waals surface area (Å²) in [6.07, 6.45) is 19.8. The maximum Gasteiger partial charge on any atom is 0.417 e. The van der Waals surface area contributed by atoms with E-state index < -0.39 is 89.6 Å². The SMILES string of the molecule is CC1CCC(CC(=O)N2C(=O)OC[C@@H]2Cc2ccccc2)CC1.CC1CCC(CC(=O)O)CC1.CC1CCC([C@H](N=[N+]=[N-])C(=O)N2C(=O)OC[C@@H]2Cc2ccccc2)CC1.CC1CCC([C@H](NC(=O)OC(C)(C)C)C(=O)N2C(=O)OC[C@@H]2Cc2ccccc2)CC1.CC1CCC([C@H](NC(=O)OC(C)(C)C)C(=O)O)CC1.S.S.S.S.S.S.S.S.S.S. The van der Waals surface area contributed by atoms with Crippen LogP contribution in [0.1, 0.15) is 234 Å². The molecule has 8 fully saturated rings. The van der Waals surface area contributed by atoms with E-state index >= 15 is 0 Å². The minimum Gasteiger partial charge on any atom is -0.481 e. The van der Waals surface area contributed by atoms with Gasteiger partial charge in [0.05, 0.1) is 18.1 Å². The number of azide groups is 1. The van der Waals surface area contributed by atoms with Crippen molar-refractivity contribution in [3.8, 4) is 0 Å². The molecule has 0 spiro atoms. The fraction of sp³-hybridized carbons (Fsp3) is 0.671. The van der Waals surface area contributed by atoms with Crippen molar-refractivity contribution in [3.63, 3.8) is 0 Å². The maximum atomic E-state index is 13.6. The third kappa shape index (κ3) is 41.3. The van der Waals surface area contributed by atoms with E-state index in [0.717, 1.165) is 131 Å². The number of imide groups is 3. The van der Waals surface area contributed by atoms with Gasteiger partial charge in [0.1, 0.15) is 49.1 Å². The molecule has 5 saturated carbocycles. The van der Waals surface area contributed by atoms with Crippen LogP contribution in [0.3, 0.4) is 0 Å². The van der Waals surface area contributed by atoms with Crippen molar-refractivity contribution < 1.29 is 81.8 Å². The van der Waals surface area contributed by atoms with Gasteiger partial charge >= 0.3 is 42.4 Å². The van der Waals surface area contributed by atoms with Crippen LogP contribution >= 0.6 is 135 Å². The number of carbonyl (C=O) groups excluding carboxylic acids is 8. The number of benzene rings is 3. The molecule has 25 nitrogen and oxygen atoms in total. The number of carboxylic acid groups (broad SMARTS) is 2. The van der Waals surface area contributed by atoms with Gasteiger partial charge in [0.2, 0.25) is 11.8 Å². The lowest BCUT2D eigenvalue weighted by atomic mass is 9.78. The highest BCUT2D eigenvalue weighted by Gasteiger charge is 2.47. The van der Waals surface area contributed by atoms with Crippen molar-refractivity contribution in [2.45, 2.75) is 284 Å². The van der Waals surface area contributed by atoms with Crippen molar-refractivity contribution in [2.24, 2.45) is 64.3 Å². The van der Waals surface area contributed by atoms with Crippen molar-refractivity contribution >= 4 is 195 Å². The lowest BCUT2D eigenvalue weighted by Crippen LogP contribution is -2.56. The highest BCUT2D eigenvalue weighted by molar-refractivity contribution is 7.60. The van der Waals surface area contributed by atoms with Gasteiger partial charge in [-0.1, -0.05) is 195 Å². The van der Waals surface area contributed by atoms with E-state index in [2.05, 4.69) is 55.3 Å². The molecular formula is C85H144N8O17S10. The molecule has 11 rings (SSSR count). The number of cyclic esters (lactones) is 3. The molecule has 3 aromatic rings. The van der Waals surface area contributed by atoms with Crippen LogP contribution in [0.5, 0.6) is 0 Å². The molecule has 3 aromatic carbocycles. The summed E-state index contributed by atoms with van der Waals surface area (Å²) >= 11 is 0. The Morgan fingerprint density at radius 1 is 0.425 bits per heavy atom. The normalized spacial score (nSPS) is 24.5. The number of carbonyl (C=O) groups is 10. The van der Waals surface area contributed by atoms with Crippen molar-refractivity contribution in [3.05, 3.63) is 118 Å². The molecule has 4 N–H and O–H groups in total. The predicted octanol–water partition coefficient (Wildman–Crippen LogP) is 18.4. The molecule has 35 heteroatoms. The van der Waals surface area contributed by atoms with Crippen molar-refractivity contribution in [1.82, 2.24) is 25.3 Å². The van der Waals surface area contributed by atoms with Gasteiger partial charge in [-0.3, -0.25) is 19.2 Å². The second-order valence-electron chi connectivity index (χ2n) is 34.3. The number of nitrogens with one attached hydrogen (secondary N) is 2. The van der Waals surface area contributed by atoms with Gasteiger partial charge in [0.15, 0.2) is 0 Å². The van der Waals surface area contributed by atoms with E-state index in [1.807, 2.05) is 91.0 Å². The van der Waals surface area contributed by atoms with Gasteiger partial charge in [0.25, 0.3) is 5.91 Å². The summed E-state index contributed by atoms with van der Waals surface area (Å²) in [6.45, 7) is 22.3. The van der Waals surface area contributed by atoms with Crippen LogP contribution in [0.2, 0.25) is 0 Å². The van der Waals surface area contributed by atoms with Crippen LogP contribution in [0, 0.1) is 59.2 Å². The molecule has 5 aliphatic carbocycles. The van der Waals surface area contributed by atoms with Gasteiger partial charge in [0, 0.05) is 17.8 Å². The van der Waals surface area contributed by atoms with Crippen LogP contribution in [-0.2, 0) is 66.9 Å². The molecule has 0 radical (unpaired) electrons. The molecule has 8 amide bonds. The average molecular weight is 1870 g/mol. The number of rotatable bonds is 19. The molecule has 3 heterocycles. The first kappa shape index (κ1) is 121. The Balaban J connectivity index is -0.000000705. The zero-order valence-corrected chi connectivity index (χ0v) is 81.9. The molecule has 6 atom stereocenters. The molecule has 0 unspecified atom stereocenters. The first-order valence-corrected chi connectivity index (χ1v) is 40.3. The number of alkyl carbamates (subject to hydrolysis) is 2. The van der Waals surface area contributed by atoms with E-state index in [1.165, 1.54) is 40.4 Å². The molecule has 3 saturated heterocycles. The number of hydrogen-bond acceptors (Lipinski definition) is 16. The van der Waals surface area contributed by atoms with Crippen molar-refractivity contribution in [1.29, 1.82) is 0 Å². The van der Waals surface area contributed by atoms with Crippen LogP contribution < -0.4 is 10.6 Å². The summed E-state index contributed by atoms with van der Waals surface area (Å²) in [7, 11) is 0. The fourth-order valence-electron chi connectivity index (χ4n) is 16.2. The number of amides is 8. The van der Waals surface area contributed by atoms with E-state index in [0.29, 0.717) is 68.3 Å². The van der Waals surface area contributed by atoms with Gasteiger partial charge in [-0.05, 0) is 206 Å². The largest absolute Gasteiger partial charge is 0.481 e. The lowest BCUT2D eigenvalue weighted by molar-refractivity contribution is -0.141. The number of nitrogens with zero attached hydrogens (tertiary/aromatic N) is 6. The number of carboxylic acids is 2. The van der Waals surface area contributed by atoms with E-state index in [1.54, 1.807) is 41.5 Å². The summed E-state index contributed by atoms with van der Waals surface area (Å²) in [4.78, 5) is 129. The molecule has 0 bridgehead atoms. The standard InChI is InChI=1S/C24H34N2O5.C19H24N4O3.C19H25NO3.C14H25NO4.C9H16O2.10H2S/c1-16-10-12-18(13-11-16)20(25-22(28)31-24(2,3)4)21(27)26-19(15-30-23(26)29)14-17-8-6-5-7-9-17;1-13-7-9-15(10-8-13)17(21-22-20)18(24)23-16(12-26-19(23)25)11-14-5-3-2-4-6-14;1-14-7-9-16(10-8-14)12-18(21)20-17(13-23-19(20)22)11-15-5-3-2-4-6-15;1-9-5-7-10(8-6-9)11(12(16)17)15-13(18)19-14(2,3)4;1-7-2-4-8(5-3-7)6-9(10)11;;;;;;;;;;/h5-9,16,18-20H,10-15H2,1-4H3,(H,25,28);2-6,13,15-17H,7-12H2,1H3;2-6,14,16-17H,7-13H2,1H3;9-11H,5-8H2,1-4H3,(H,15,18)(H,16,17);7-8H,2-6H2,1H3,(H,10,11);10*1H2/t16?,18?,19-,20-;13?,15?,16-,17-;14?,16?,17-;9?,10?,11-;;;;;;;;;;;/m0000.........../s1. The predicted molar refractivity (Wildman–Crippen MR) is 520 cm³/mol. The molecular weight excluding hydrogens is 1730 g/mol. The van der Waals surface area contributed by atoms with Gasteiger partial charge < -0.3 is 44.5 Å². The Morgan fingerprint density at radius 2 is 0.708 bits per heavy atom. The second kappa shape index (κ2) is 60.4. The van der Waals surface area contributed by atoms with Gasteiger partial charge in [-0.15, -0.1) is 0 Å². The van der Waals surface area contributed by atoms with Crippen LogP contribution in [0.4, 0.5) is 24.0 Å². The number of ether oxygens (including phenoxy) is 5. The minimum absolute atomic E-state index is 0. The highest BCUT2D eigenvalue weighted by atomic mass is 32.1. The third-order valence-corrected chi connectivity index (χ3v) is 22.6. The average Bonchev–Trinajstić information content (AvgIpc) is 1.56. The van der Waals surface area contributed by atoms with Gasteiger partial charge in [-0.25, -0.2) is 43.5 Å². The first-order chi connectivity index (χ1) is 52.2. The maximum absolute atomic E-state index is 13.6. The summed E-state index contributed by atoms with van der Waals surface area (Å²) in [6, 6.07) is 25.9. The number of hydrogen-bond donors (Lipinski definition) is 4. The summed E-state index contributed by atoms with van der Waals surface area (Å²) in [5.74, 6) is 1.77. The van der Waals surface area contributed by atoms with Crippen LogP contribution in [-0.4, -0.2) is 152 Å². The van der Waals surface area contributed by atoms with Crippen molar-refractivity contribution in [2.75, 3.05) is 19.8 Å². The second-order valence-corrected chi connectivity index (χ2v) is 34.3. The molecule has 0 aromatic heterocycles. The quantitative estimate of drug-likeness (QED) is 0.0375. The lowest BCUT2D eigenvalue weighted by Gasteiger charge is -2.35. The summed E-state index contributed by atoms with van der Waals surface area (Å²) in [5, 5.41) is 26.9.